The van der Waals surface area contributed by atoms with Crippen molar-refractivity contribution in [2.75, 3.05) is 16.8 Å². The van der Waals surface area contributed by atoms with Crippen LogP contribution in [0.5, 0.6) is 0 Å². The van der Waals surface area contributed by atoms with Gasteiger partial charge < -0.3 is 10.2 Å². The van der Waals surface area contributed by atoms with E-state index in [0.717, 1.165) is 22.7 Å². The zero-order valence-corrected chi connectivity index (χ0v) is 16.4. The maximum Gasteiger partial charge on any atom is 0.231 e. The molecule has 1 aliphatic rings. The molecule has 6 nitrogen and oxygen atoms in total. The lowest BCUT2D eigenvalue weighted by atomic mass is 9.89. The highest BCUT2D eigenvalue weighted by atomic mass is 32.1. The molecule has 1 saturated heterocycles. The summed E-state index contributed by atoms with van der Waals surface area (Å²) in [6, 6.07) is 7.94. The largest absolute Gasteiger partial charge is 0.312 e. The lowest BCUT2D eigenvalue weighted by Gasteiger charge is -2.20. The van der Waals surface area contributed by atoms with Gasteiger partial charge in [-0.15, -0.1) is 10.2 Å². The van der Waals surface area contributed by atoms with Crippen LogP contribution in [0.4, 0.5) is 10.8 Å². The molecule has 1 fully saturated rings. The quantitative estimate of drug-likeness (QED) is 0.867. The number of rotatable bonds is 5. The second-order valence-corrected chi connectivity index (χ2v) is 8.39. The number of anilines is 2. The number of hydrogen-bond donors (Lipinski definition) is 1. The maximum atomic E-state index is 12.4. The first-order chi connectivity index (χ1) is 12.3. The van der Waals surface area contributed by atoms with Gasteiger partial charge in [0.15, 0.2) is 0 Å². The number of carbonyl (C=O) groups excluding carboxylic acids is 2. The Morgan fingerprint density at radius 1 is 1.31 bits per heavy atom. The highest BCUT2D eigenvalue weighted by molar-refractivity contribution is 7.15. The summed E-state index contributed by atoms with van der Waals surface area (Å²) in [5.41, 5.74) is 1.62. The molecule has 0 bridgehead atoms. The predicted molar refractivity (Wildman–Crippen MR) is 104 cm³/mol. The van der Waals surface area contributed by atoms with E-state index < -0.39 is 5.41 Å². The first-order valence-corrected chi connectivity index (χ1v) is 9.63. The summed E-state index contributed by atoms with van der Waals surface area (Å²) in [5, 5.41) is 12.4. The topological polar surface area (TPSA) is 75.2 Å². The molecule has 1 N–H and O–H groups in total. The van der Waals surface area contributed by atoms with Gasteiger partial charge in [-0.1, -0.05) is 49.8 Å². The number of hydrogen-bond acceptors (Lipinski definition) is 5. The van der Waals surface area contributed by atoms with Crippen molar-refractivity contribution in [1.82, 2.24) is 10.2 Å². The minimum Gasteiger partial charge on any atom is -0.312 e. The van der Waals surface area contributed by atoms with Gasteiger partial charge in [-0.05, 0) is 25.5 Å². The van der Waals surface area contributed by atoms with Crippen LogP contribution in [0.15, 0.2) is 24.3 Å². The van der Waals surface area contributed by atoms with E-state index in [1.807, 2.05) is 52.0 Å². The van der Waals surface area contributed by atoms with Crippen LogP contribution in [0.2, 0.25) is 0 Å². The molecule has 1 atom stereocenters. The Kier molecular flexibility index (Phi) is 5.09. The Morgan fingerprint density at radius 2 is 2.00 bits per heavy atom. The molecule has 1 aromatic carbocycles. The van der Waals surface area contributed by atoms with Crippen LogP contribution in [-0.4, -0.2) is 28.6 Å². The molecule has 0 aliphatic carbocycles. The molecule has 2 amide bonds. The molecule has 0 unspecified atom stereocenters. The number of nitrogens with zero attached hydrogens (tertiary/aromatic N) is 3. The van der Waals surface area contributed by atoms with Crippen molar-refractivity contribution in [2.24, 2.45) is 5.41 Å². The zero-order valence-electron chi connectivity index (χ0n) is 15.6. The Hall–Kier alpha value is -2.28. The van der Waals surface area contributed by atoms with Crippen molar-refractivity contribution >= 4 is 34.0 Å². The fourth-order valence-corrected chi connectivity index (χ4v) is 3.55. The minimum atomic E-state index is -0.447. The number of carbonyl (C=O) groups is 2. The summed E-state index contributed by atoms with van der Waals surface area (Å²) < 4.78 is 0. The van der Waals surface area contributed by atoms with Crippen LogP contribution in [0.25, 0.3) is 0 Å². The predicted octanol–water partition coefficient (Wildman–Crippen LogP) is 3.74. The number of aryl methyl sites for hydroxylation is 1. The highest BCUT2D eigenvalue weighted by Gasteiger charge is 2.34. The first kappa shape index (κ1) is 18.5. The Balaban J connectivity index is 1.69. The standard InChI is InChI=1S/C19H24N4O2S/c1-5-19(3,4)17(25)20-18-22-21-16(26-18)13-10-15(24)23(11-13)14-8-6-12(2)7-9-14/h6-9,13H,5,10-11H2,1-4H3,(H,20,22,25)/t13-/m1/s1. The van der Waals surface area contributed by atoms with Gasteiger partial charge in [0, 0.05) is 30.0 Å². The molecule has 26 heavy (non-hydrogen) atoms. The van der Waals surface area contributed by atoms with Gasteiger partial charge in [-0.2, -0.15) is 0 Å². The highest BCUT2D eigenvalue weighted by Crippen LogP contribution is 2.34. The number of nitrogens with one attached hydrogen (secondary N) is 1. The second kappa shape index (κ2) is 7.15. The van der Waals surface area contributed by atoms with E-state index in [-0.39, 0.29) is 17.7 Å². The molecule has 1 aliphatic heterocycles. The van der Waals surface area contributed by atoms with Crippen molar-refractivity contribution in [3.63, 3.8) is 0 Å². The Bertz CT molecular complexity index is 813. The van der Waals surface area contributed by atoms with E-state index in [1.54, 1.807) is 4.90 Å². The van der Waals surface area contributed by atoms with E-state index in [4.69, 9.17) is 0 Å². The summed E-state index contributed by atoms with van der Waals surface area (Å²) in [6.07, 6.45) is 1.16. The zero-order chi connectivity index (χ0) is 18.9. The number of aromatic nitrogens is 2. The van der Waals surface area contributed by atoms with Gasteiger partial charge in [-0.25, -0.2) is 0 Å². The third-order valence-corrected chi connectivity index (χ3v) is 5.98. The van der Waals surface area contributed by atoms with Crippen LogP contribution < -0.4 is 10.2 Å². The average Bonchev–Trinajstić information content (AvgIpc) is 3.22. The smallest absolute Gasteiger partial charge is 0.231 e. The van der Waals surface area contributed by atoms with E-state index in [1.165, 1.54) is 11.3 Å². The van der Waals surface area contributed by atoms with Crippen LogP contribution in [-0.2, 0) is 9.59 Å². The van der Waals surface area contributed by atoms with Crippen LogP contribution in [0, 0.1) is 12.3 Å². The van der Waals surface area contributed by atoms with Gasteiger partial charge >= 0.3 is 0 Å². The van der Waals surface area contributed by atoms with Crippen molar-refractivity contribution in [2.45, 2.75) is 46.5 Å². The van der Waals surface area contributed by atoms with Crippen LogP contribution in [0.1, 0.15) is 50.1 Å². The summed E-state index contributed by atoms with van der Waals surface area (Å²) in [7, 11) is 0. The van der Waals surface area contributed by atoms with Gasteiger partial charge in [0.2, 0.25) is 16.9 Å². The molecule has 0 saturated carbocycles. The van der Waals surface area contributed by atoms with Crippen LogP contribution in [0.3, 0.4) is 0 Å². The fraction of sp³-hybridized carbons (Fsp3) is 0.474. The third-order valence-electron chi connectivity index (χ3n) is 4.98. The summed E-state index contributed by atoms with van der Waals surface area (Å²) in [5.74, 6) is 0.0318. The van der Waals surface area contributed by atoms with Crippen molar-refractivity contribution < 1.29 is 9.59 Å². The Labute approximate surface area is 157 Å². The molecule has 138 valence electrons. The SMILES string of the molecule is CCC(C)(C)C(=O)Nc1nnc([C@@H]2CC(=O)N(c3ccc(C)cc3)C2)s1. The molecular weight excluding hydrogens is 348 g/mol. The third kappa shape index (κ3) is 3.77. The van der Waals surface area contributed by atoms with Gasteiger partial charge in [0.1, 0.15) is 5.01 Å². The molecule has 2 aromatic rings. The van der Waals surface area contributed by atoms with Crippen molar-refractivity contribution in [3.05, 3.63) is 34.8 Å². The van der Waals surface area contributed by atoms with E-state index >= 15 is 0 Å². The lowest BCUT2D eigenvalue weighted by molar-refractivity contribution is -0.124. The number of benzene rings is 1. The average molecular weight is 372 g/mol. The summed E-state index contributed by atoms with van der Waals surface area (Å²) in [6.45, 7) is 8.40. The van der Waals surface area contributed by atoms with Crippen molar-refractivity contribution in [3.8, 4) is 0 Å². The van der Waals surface area contributed by atoms with Crippen molar-refractivity contribution in [1.29, 1.82) is 0 Å². The second-order valence-electron chi connectivity index (χ2n) is 7.38. The number of amides is 2. The maximum absolute atomic E-state index is 12.4. The minimum absolute atomic E-state index is 0.00569. The van der Waals surface area contributed by atoms with Crippen LogP contribution >= 0.6 is 11.3 Å². The lowest BCUT2D eigenvalue weighted by Crippen LogP contribution is -2.29. The molecule has 3 rings (SSSR count). The summed E-state index contributed by atoms with van der Waals surface area (Å²) in [4.78, 5) is 26.5. The van der Waals surface area contributed by atoms with Gasteiger partial charge in [-0.3, -0.25) is 9.59 Å². The van der Waals surface area contributed by atoms with E-state index in [0.29, 0.717) is 18.1 Å². The van der Waals surface area contributed by atoms with Gasteiger partial charge in [0.05, 0.1) is 0 Å². The molecule has 1 aromatic heterocycles. The monoisotopic (exact) mass is 372 g/mol. The Morgan fingerprint density at radius 3 is 2.65 bits per heavy atom. The first-order valence-electron chi connectivity index (χ1n) is 8.82. The normalized spacial score (nSPS) is 17.6. The molecule has 0 spiro atoms. The van der Waals surface area contributed by atoms with Gasteiger partial charge in [0.25, 0.3) is 0 Å². The summed E-state index contributed by atoms with van der Waals surface area (Å²) >= 11 is 1.35. The fourth-order valence-electron chi connectivity index (χ4n) is 2.72. The molecule has 2 heterocycles. The van der Waals surface area contributed by atoms with E-state index in [9.17, 15) is 9.59 Å². The molecular formula is C19H24N4O2S. The van der Waals surface area contributed by atoms with E-state index in [2.05, 4.69) is 15.5 Å². The molecule has 0 radical (unpaired) electrons. The molecule has 7 heteroatoms.